The summed E-state index contributed by atoms with van der Waals surface area (Å²) >= 11 is 0. The maximum absolute atomic E-state index is 6.08. The Hall–Kier alpha value is -5.00. The van der Waals surface area contributed by atoms with Gasteiger partial charge in [-0.3, -0.25) is 9.90 Å². The Morgan fingerprint density at radius 2 is 1.48 bits per heavy atom. The van der Waals surface area contributed by atoms with E-state index < -0.39 is 0 Å². The highest BCUT2D eigenvalue weighted by atomic mass is 16.7. The highest BCUT2D eigenvalue weighted by Gasteiger charge is 2.15. The van der Waals surface area contributed by atoms with Crippen LogP contribution < -0.4 is 9.80 Å². The van der Waals surface area contributed by atoms with Gasteiger partial charge in [0, 0.05) is 18.0 Å². The number of hydrogen-bond donors (Lipinski definition) is 0. The molecule has 5 heteroatoms. The van der Waals surface area contributed by atoms with Gasteiger partial charge in [0.15, 0.2) is 5.75 Å². The lowest BCUT2D eigenvalue weighted by Crippen LogP contribution is -2.17. The minimum absolute atomic E-state index is 0.317. The van der Waals surface area contributed by atoms with Crippen molar-refractivity contribution < 1.29 is 9.57 Å². The molecule has 0 spiro atoms. The molecule has 5 aromatic rings. The van der Waals surface area contributed by atoms with Crippen molar-refractivity contribution in [2.75, 3.05) is 19.2 Å². The van der Waals surface area contributed by atoms with E-state index in [1.54, 1.807) is 12.2 Å². The fourth-order valence-corrected chi connectivity index (χ4v) is 4.47. The molecular weight excluding hydrogens is 494 g/mol. The molecular formula is C35H31N3O2. The molecule has 0 fully saturated rings. The number of nitrogens with zero attached hydrogens (tertiary/aromatic N) is 3. The van der Waals surface area contributed by atoms with Crippen LogP contribution in [0.5, 0.6) is 5.75 Å². The number of para-hydroxylation sites is 1. The Morgan fingerprint density at radius 1 is 0.775 bits per heavy atom. The second-order valence-corrected chi connectivity index (χ2v) is 9.20. The third kappa shape index (κ3) is 6.17. The van der Waals surface area contributed by atoms with Crippen LogP contribution >= 0.6 is 0 Å². The zero-order valence-corrected chi connectivity index (χ0v) is 22.7. The van der Waals surface area contributed by atoms with Gasteiger partial charge in [-0.05, 0) is 52.4 Å². The van der Waals surface area contributed by atoms with Gasteiger partial charge in [0.1, 0.15) is 12.3 Å². The Labute approximate surface area is 235 Å². The Balaban J connectivity index is 1.39. The largest absolute Gasteiger partial charge is 0.494 e. The predicted molar refractivity (Wildman–Crippen MR) is 166 cm³/mol. The van der Waals surface area contributed by atoms with Crippen LogP contribution in [0, 0.1) is 0 Å². The number of methoxy groups -OCH3 is 1. The highest BCUT2D eigenvalue weighted by Crippen LogP contribution is 2.40. The number of fused-ring (bicyclic) bond motifs is 1. The van der Waals surface area contributed by atoms with Crippen molar-refractivity contribution >= 4 is 46.1 Å². The topological polar surface area (TPSA) is 46.4 Å². The maximum atomic E-state index is 6.08. The van der Waals surface area contributed by atoms with E-state index in [2.05, 4.69) is 53.2 Å². The van der Waals surface area contributed by atoms with E-state index in [0.717, 1.165) is 44.4 Å². The highest BCUT2D eigenvalue weighted by molar-refractivity contribution is 5.96. The Morgan fingerprint density at radius 3 is 2.23 bits per heavy atom. The molecule has 5 rings (SSSR count). The van der Waals surface area contributed by atoms with Gasteiger partial charge in [-0.1, -0.05) is 104 Å². The normalized spacial score (nSPS) is 11.3. The zero-order chi connectivity index (χ0) is 27.7. The summed E-state index contributed by atoms with van der Waals surface area (Å²) in [5, 5.41) is 13.0. The van der Waals surface area contributed by atoms with Crippen molar-refractivity contribution in [3.05, 3.63) is 138 Å². The van der Waals surface area contributed by atoms with Gasteiger partial charge < -0.3 is 4.74 Å². The van der Waals surface area contributed by atoms with Gasteiger partial charge >= 0.3 is 0 Å². The first-order valence-corrected chi connectivity index (χ1v) is 13.1. The van der Waals surface area contributed by atoms with Crippen molar-refractivity contribution in [1.82, 2.24) is 0 Å². The summed E-state index contributed by atoms with van der Waals surface area (Å²) in [5.41, 5.74) is 6.57. The van der Waals surface area contributed by atoms with Crippen molar-refractivity contribution in [3.63, 3.8) is 0 Å². The van der Waals surface area contributed by atoms with E-state index in [-0.39, 0.29) is 0 Å². The Bertz CT molecular complexity index is 1660. The van der Waals surface area contributed by atoms with E-state index in [9.17, 15) is 0 Å². The first kappa shape index (κ1) is 26.6. The van der Waals surface area contributed by atoms with Crippen LogP contribution in [-0.2, 0) is 11.4 Å². The summed E-state index contributed by atoms with van der Waals surface area (Å²) < 4.78 is 5.85. The molecule has 198 valence electrons. The van der Waals surface area contributed by atoms with Crippen molar-refractivity contribution in [2.24, 2.45) is 10.2 Å². The van der Waals surface area contributed by atoms with E-state index in [1.165, 1.54) is 0 Å². The molecule has 0 aromatic heterocycles. The van der Waals surface area contributed by atoms with Crippen LogP contribution in [0.2, 0.25) is 0 Å². The lowest BCUT2D eigenvalue weighted by molar-refractivity contribution is 0.106. The summed E-state index contributed by atoms with van der Waals surface area (Å²) in [6.45, 7) is 4.21. The molecule has 0 amide bonds. The quantitative estimate of drug-likeness (QED) is 0.104. The van der Waals surface area contributed by atoms with Gasteiger partial charge in [-0.2, -0.15) is 5.11 Å². The molecule has 0 heterocycles. The number of azo groups is 1. The zero-order valence-electron chi connectivity index (χ0n) is 22.7. The third-order valence-electron chi connectivity index (χ3n) is 6.62. The average molecular weight is 526 g/mol. The van der Waals surface area contributed by atoms with Gasteiger partial charge in [0.2, 0.25) is 0 Å². The number of hydroxylamine groups is 1. The standard InChI is InChI=1S/C35H31N3O2/c1-4-27-12-8-9-13-28(27)21-18-26-19-22-31(23-20-26)36-37-34-33-17-11-10-14-29(33)24-30(35(34)39-3)25-40-38(2)32-15-6-5-7-16-32/h4-24H,1,25H2,2-3H3. The summed E-state index contributed by atoms with van der Waals surface area (Å²) in [7, 11) is 3.54. The fraction of sp³-hybridized carbons (Fsp3) is 0.0857. The summed E-state index contributed by atoms with van der Waals surface area (Å²) in [5.74, 6) is 0.643. The molecule has 0 unspecified atom stereocenters. The SMILES string of the molecule is C=Cc1ccccc1C=Cc1ccc(N=Nc2c(OC)c(CON(C)c3ccccc3)cc3ccccc23)cc1. The molecule has 40 heavy (non-hydrogen) atoms. The first-order valence-electron chi connectivity index (χ1n) is 13.1. The average Bonchev–Trinajstić information content (AvgIpc) is 3.02. The fourth-order valence-electron chi connectivity index (χ4n) is 4.47. The van der Waals surface area contributed by atoms with Gasteiger partial charge in [0.05, 0.1) is 18.5 Å². The monoisotopic (exact) mass is 525 g/mol. The number of benzene rings is 5. The summed E-state index contributed by atoms with van der Waals surface area (Å²) in [6.07, 6.45) is 6.03. The van der Waals surface area contributed by atoms with E-state index >= 15 is 0 Å². The van der Waals surface area contributed by atoms with Crippen molar-refractivity contribution in [2.45, 2.75) is 6.61 Å². The molecule has 0 saturated carbocycles. The van der Waals surface area contributed by atoms with Crippen LogP contribution in [0.1, 0.15) is 22.3 Å². The second-order valence-electron chi connectivity index (χ2n) is 9.20. The third-order valence-corrected chi connectivity index (χ3v) is 6.62. The minimum Gasteiger partial charge on any atom is -0.494 e. The number of anilines is 1. The van der Waals surface area contributed by atoms with Crippen molar-refractivity contribution in [3.8, 4) is 5.75 Å². The molecule has 0 saturated heterocycles. The lowest BCUT2D eigenvalue weighted by atomic mass is 10.0. The second kappa shape index (κ2) is 12.7. The van der Waals surface area contributed by atoms with Crippen LogP contribution in [0.3, 0.4) is 0 Å². The lowest BCUT2D eigenvalue weighted by Gasteiger charge is -2.20. The Kier molecular flexibility index (Phi) is 8.44. The van der Waals surface area contributed by atoms with Gasteiger partial charge in [0.25, 0.3) is 0 Å². The van der Waals surface area contributed by atoms with Crippen LogP contribution in [0.4, 0.5) is 17.1 Å². The summed E-state index contributed by atoms with van der Waals surface area (Å²) in [4.78, 5) is 6.08. The number of rotatable bonds is 10. The van der Waals surface area contributed by atoms with Crippen LogP contribution in [-0.4, -0.2) is 14.2 Å². The molecule has 0 aliphatic rings. The smallest absolute Gasteiger partial charge is 0.152 e. The van der Waals surface area contributed by atoms with E-state index in [1.807, 2.05) is 98.1 Å². The minimum atomic E-state index is 0.317. The molecule has 0 N–H and O–H groups in total. The molecule has 0 aliphatic carbocycles. The van der Waals surface area contributed by atoms with Crippen molar-refractivity contribution in [1.29, 1.82) is 0 Å². The van der Waals surface area contributed by atoms with Crippen LogP contribution in [0.25, 0.3) is 29.0 Å². The molecule has 0 aliphatic heterocycles. The van der Waals surface area contributed by atoms with Crippen LogP contribution in [0.15, 0.2) is 126 Å². The van der Waals surface area contributed by atoms with Gasteiger partial charge in [-0.25, -0.2) is 0 Å². The van der Waals surface area contributed by atoms with E-state index in [4.69, 9.17) is 9.57 Å². The summed E-state index contributed by atoms with van der Waals surface area (Å²) in [6, 6.07) is 36.2. The number of hydrogen-bond acceptors (Lipinski definition) is 5. The predicted octanol–water partition coefficient (Wildman–Crippen LogP) is 9.65. The first-order chi connectivity index (χ1) is 19.7. The van der Waals surface area contributed by atoms with Gasteiger partial charge in [-0.15, -0.1) is 5.11 Å². The molecule has 0 atom stereocenters. The molecule has 5 aromatic carbocycles. The maximum Gasteiger partial charge on any atom is 0.152 e. The molecule has 0 radical (unpaired) electrons. The number of ether oxygens (including phenoxy) is 1. The van der Waals surface area contributed by atoms with E-state index in [0.29, 0.717) is 18.0 Å². The molecule has 0 bridgehead atoms. The molecule has 5 nitrogen and oxygen atoms in total.